The Morgan fingerprint density at radius 3 is 2.62 bits per heavy atom. The van der Waals surface area contributed by atoms with Crippen LogP contribution in [0.25, 0.3) is 11.3 Å². The van der Waals surface area contributed by atoms with Crippen LogP contribution in [0.4, 0.5) is 0 Å². The number of hydrogen-bond acceptors (Lipinski definition) is 5. The summed E-state index contributed by atoms with van der Waals surface area (Å²) in [5.41, 5.74) is 4.19. The summed E-state index contributed by atoms with van der Waals surface area (Å²) in [6.45, 7) is 3.76. The van der Waals surface area contributed by atoms with Gasteiger partial charge < -0.3 is 14.4 Å². The number of hydrogen-bond donors (Lipinski definition) is 0. The Balaban J connectivity index is 1.42. The number of carbonyl (C=O) groups is 1. The molecule has 0 bridgehead atoms. The van der Waals surface area contributed by atoms with E-state index in [1.165, 1.54) is 5.56 Å². The normalized spacial score (nSPS) is 17.1. The topological polar surface area (TPSA) is 64.5 Å². The Kier molecular flexibility index (Phi) is 5.39. The molecule has 3 aromatic rings. The number of benzene rings is 2. The summed E-state index contributed by atoms with van der Waals surface area (Å²) in [7, 11) is 1.71. The van der Waals surface area contributed by atoms with Crippen molar-refractivity contribution < 1.29 is 14.3 Å². The predicted octanol–water partition coefficient (Wildman–Crippen LogP) is 4.16. The zero-order valence-corrected chi connectivity index (χ0v) is 18.5. The average Bonchev–Trinajstić information content (AvgIpc) is 2.84. The molecule has 1 spiro atoms. The lowest BCUT2D eigenvalue weighted by Gasteiger charge is -2.45. The Hall–Kier alpha value is -3.25. The second kappa shape index (κ2) is 8.36. The molecule has 2 aliphatic heterocycles. The van der Waals surface area contributed by atoms with Crippen molar-refractivity contribution in [1.82, 2.24) is 14.9 Å². The van der Waals surface area contributed by atoms with Crippen LogP contribution < -0.4 is 4.74 Å². The van der Waals surface area contributed by atoms with Crippen LogP contribution in [0.3, 0.4) is 0 Å². The van der Waals surface area contributed by atoms with Crippen LogP contribution >= 0.6 is 0 Å². The van der Waals surface area contributed by atoms with Crippen LogP contribution in [0.2, 0.25) is 0 Å². The summed E-state index contributed by atoms with van der Waals surface area (Å²) in [5, 5.41) is 0. The molecule has 1 aromatic heterocycles. The Morgan fingerprint density at radius 1 is 1.09 bits per heavy atom. The summed E-state index contributed by atoms with van der Waals surface area (Å²) in [4.78, 5) is 24.3. The van der Waals surface area contributed by atoms with E-state index in [1.54, 1.807) is 13.3 Å². The third-order valence-electron chi connectivity index (χ3n) is 6.58. The first-order valence-electron chi connectivity index (χ1n) is 11.1. The minimum Gasteiger partial charge on any atom is -0.496 e. The molecule has 164 valence electrons. The van der Waals surface area contributed by atoms with Gasteiger partial charge in [0, 0.05) is 30.4 Å². The highest BCUT2D eigenvalue weighted by molar-refractivity contribution is 5.99. The van der Waals surface area contributed by atoms with E-state index >= 15 is 0 Å². The minimum absolute atomic E-state index is 0.0326. The zero-order chi connectivity index (χ0) is 22.1. The van der Waals surface area contributed by atoms with E-state index in [0.717, 1.165) is 36.1 Å². The Bertz CT molecular complexity index is 1120. The smallest absolute Gasteiger partial charge is 0.257 e. The molecule has 0 atom stereocenters. The number of methoxy groups -OCH3 is 1. The van der Waals surface area contributed by atoms with Crippen molar-refractivity contribution in [2.45, 2.75) is 31.8 Å². The van der Waals surface area contributed by atoms with Gasteiger partial charge in [0.2, 0.25) is 0 Å². The van der Waals surface area contributed by atoms with Gasteiger partial charge in [-0.1, -0.05) is 42.5 Å². The molecule has 1 amide bonds. The fourth-order valence-corrected chi connectivity index (χ4v) is 4.98. The van der Waals surface area contributed by atoms with E-state index in [4.69, 9.17) is 9.47 Å². The van der Waals surface area contributed by atoms with Gasteiger partial charge in [-0.05, 0) is 37.8 Å². The number of aromatic nitrogens is 2. The predicted molar refractivity (Wildman–Crippen MR) is 122 cm³/mol. The fourth-order valence-electron chi connectivity index (χ4n) is 4.98. The first-order chi connectivity index (χ1) is 15.6. The molecule has 0 radical (unpaired) electrons. The quantitative estimate of drug-likeness (QED) is 0.625. The van der Waals surface area contributed by atoms with Gasteiger partial charge in [-0.25, -0.2) is 9.97 Å². The highest BCUT2D eigenvalue weighted by Crippen LogP contribution is 2.46. The lowest BCUT2D eigenvalue weighted by atomic mass is 9.78. The number of aryl methyl sites for hydroxylation is 1. The second-order valence-corrected chi connectivity index (χ2v) is 8.42. The first kappa shape index (κ1) is 20.6. The van der Waals surface area contributed by atoms with Gasteiger partial charge >= 0.3 is 0 Å². The van der Waals surface area contributed by atoms with Crippen molar-refractivity contribution in [3.05, 3.63) is 77.2 Å². The number of fused-ring (bicyclic) bond motifs is 2. The summed E-state index contributed by atoms with van der Waals surface area (Å²) in [6, 6.07) is 16.0. The monoisotopic (exact) mass is 429 g/mol. The van der Waals surface area contributed by atoms with E-state index in [1.807, 2.05) is 54.3 Å². The molecule has 1 saturated heterocycles. The summed E-state index contributed by atoms with van der Waals surface area (Å²) < 4.78 is 12.1. The summed E-state index contributed by atoms with van der Waals surface area (Å²) in [6.07, 6.45) is 4.02. The van der Waals surface area contributed by atoms with Crippen LogP contribution in [0.15, 0.2) is 54.7 Å². The Morgan fingerprint density at radius 2 is 1.88 bits per heavy atom. The second-order valence-electron chi connectivity index (χ2n) is 8.42. The molecule has 3 heterocycles. The van der Waals surface area contributed by atoms with Crippen molar-refractivity contribution in [3.63, 3.8) is 0 Å². The lowest BCUT2D eigenvalue weighted by Crippen LogP contribution is -2.48. The number of likely N-dealkylation sites (tertiary alicyclic amines) is 1. The van der Waals surface area contributed by atoms with E-state index in [9.17, 15) is 4.79 Å². The molecule has 0 aliphatic carbocycles. The van der Waals surface area contributed by atoms with E-state index in [2.05, 4.69) is 16.0 Å². The highest BCUT2D eigenvalue weighted by atomic mass is 16.5. The molecule has 5 rings (SSSR count). The van der Waals surface area contributed by atoms with Gasteiger partial charge in [-0.15, -0.1) is 0 Å². The molecular weight excluding hydrogens is 402 g/mol. The molecule has 6 nitrogen and oxygen atoms in total. The number of nitrogens with zero attached hydrogens (tertiary/aromatic N) is 3. The van der Waals surface area contributed by atoms with Crippen LogP contribution in [0, 0.1) is 6.92 Å². The van der Waals surface area contributed by atoms with Crippen LogP contribution in [-0.2, 0) is 16.8 Å². The number of carbonyl (C=O) groups excluding carboxylic acids is 1. The summed E-state index contributed by atoms with van der Waals surface area (Å²) in [5.74, 6) is 1.49. The molecule has 2 aliphatic rings. The largest absolute Gasteiger partial charge is 0.496 e. The third-order valence-corrected chi connectivity index (χ3v) is 6.58. The molecule has 0 saturated carbocycles. The fraction of sp³-hybridized carbons (Fsp3) is 0.346. The molecule has 2 aromatic carbocycles. The van der Waals surface area contributed by atoms with Crippen molar-refractivity contribution in [1.29, 1.82) is 0 Å². The van der Waals surface area contributed by atoms with Gasteiger partial charge in [-0.3, -0.25) is 4.79 Å². The van der Waals surface area contributed by atoms with Crippen molar-refractivity contribution in [2.24, 2.45) is 0 Å². The standard InChI is InChI=1S/C26H27N3O3/c1-18-27-17-21(24(28-18)20-7-4-3-5-8-20)25(30)29-14-12-26(13-15-29)23-19(11-16-32-26)9-6-10-22(23)31-2/h3-10,17H,11-16H2,1-2H3. The molecule has 32 heavy (non-hydrogen) atoms. The average molecular weight is 430 g/mol. The van der Waals surface area contributed by atoms with Crippen molar-refractivity contribution in [3.8, 4) is 17.0 Å². The van der Waals surface area contributed by atoms with Crippen LogP contribution in [-0.4, -0.2) is 47.6 Å². The van der Waals surface area contributed by atoms with E-state index in [-0.39, 0.29) is 5.91 Å². The minimum atomic E-state index is -0.400. The van der Waals surface area contributed by atoms with E-state index in [0.29, 0.717) is 36.8 Å². The molecule has 1 fully saturated rings. The Labute approximate surface area is 188 Å². The maximum absolute atomic E-state index is 13.5. The van der Waals surface area contributed by atoms with Crippen molar-refractivity contribution >= 4 is 5.91 Å². The number of amides is 1. The molecule has 0 N–H and O–H groups in total. The zero-order valence-electron chi connectivity index (χ0n) is 18.5. The maximum atomic E-state index is 13.5. The van der Waals surface area contributed by atoms with Gasteiger partial charge in [0.15, 0.2) is 0 Å². The van der Waals surface area contributed by atoms with E-state index < -0.39 is 5.60 Å². The van der Waals surface area contributed by atoms with Gasteiger partial charge in [0.05, 0.1) is 25.0 Å². The van der Waals surface area contributed by atoms with Gasteiger partial charge in [0.1, 0.15) is 17.2 Å². The van der Waals surface area contributed by atoms with Gasteiger partial charge in [0.25, 0.3) is 5.91 Å². The molecular formula is C26H27N3O3. The molecule has 0 unspecified atom stereocenters. The third kappa shape index (κ3) is 3.54. The number of piperidine rings is 1. The number of rotatable bonds is 3. The number of ether oxygens (including phenoxy) is 2. The molecule has 6 heteroatoms. The highest BCUT2D eigenvalue weighted by Gasteiger charge is 2.44. The van der Waals surface area contributed by atoms with Crippen molar-refractivity contribution in [2.75, 3.05) is 26.8 Å². The lowest BCUT2D eigenvalue weighted by molar-refractivity contribution is -0.0946. The van der Waals surface area contributed by atoms with Crippen LogP contribution in [0.1, 0.15) is 40.2 Å². The van der Waals surface area contributed by atoms with Gasteiger partial charge in [-0.2, -0.15) is 0 Å². The first-order valence-corrected chi connectivity index (χ1v) is 11.1. The SMILES string of the molecule is COc1cccc2c1C1(CCN(C(=O)c3cnc(C)nc3-c3ccccc3)CC1)OCC2. The maximum Gasteiger partial charge on any atom is 0.257 e. The van der Waals surface area contributed by atoms with Crippen LogP contribution in [0.5, 0.6) is 5.75 Å². The summed E-state index contributed by atoms with van der Waals surface area (Å²) >= 11 is 0.